The van der Waals surface area contributed by atoms with Crippen molar-refractivity contribution in [1.82, 2.24) is 20.5 Å². The summed E-state index contributed by atoms with van der Waals surface area (Å²) in [5.74, 6) is 1.27. The Hall–Kier alpha value is -3.60. The van der Waals surface area contributed by atoms with Gasteiger partial charge in [-0.1, -0.05) is 30.3 Å². The number of hydrogen-bond donors (Lipinski definition) is 4. The molecule has 1 atom stereocenters. The number of sulfonamides is 1. The van der Waals surface area contributed by atoms with Crippen LogP contribution in [0.3, 0.4) is 0 Å². The fourth-order valence-corrected chi connectivity index (χ4v) is 3.47. The fraction of sp³-hybridized carbons (Fsp3) is 0.250. The molecule has 0 radical (unpaired) electrons. The summed E-state index contributed by atoms with van der Waals surface area (Å²) < 4.78 is 31.4. The van der Waals surface area contributed by atoms with Crippen LogP contribution < -0.4 is 20.1 Å². The Kier molecular flexibility index (Phi) is 6.75. The first kappa shape index (κ1) is 22.1. The molecule has 0 fully saturated rings. The highest BCUT2D eigenvalue weighted by molar-refractivity contribution is 7.92. The van der Waals surface area contributed by atoms with Crippen molar-refractivity contribution in [2.24, 2.45) is 0 Å². The minimum Gasteiger partial charge on any atom is -0.494 e. The van der Waals surface area contributed by atoms with E-state index in [1.807, 2.05) is 30.3 Å². The molecule has 2 amide bonds. The van der Waals surface area contributed by atoms with Crippen LogP contribution in [0.1, 0.15) is 30.2 Å². The summed E-state index contributed by atoms with van der Waals surface area (Å²) in [5, 5.41) is 12.5. The van der Waals surface area contributed by atoms with Crippen molar-refractivity contribution in [2.45, 2.75) is 19.9 Å². The fourth-order valence-electron chi connectivity index (χ4n) is 2.82. The van der Waals surface area contributed by atoms with E-state index < -0.39 is 22.1 Å². The van der Waals surface area contributed by atoms with Gasteiger partial charge >= 0.3 is 6.03 Å². The normalized spacial score (nSPS) is 12.1. The van der Waals surface area contributed by atoms with Gasteiger partial charge in [0.15, 0.2) is 5.82 Å². The Morgan fingerprint density at radius 3 is 2.55 bits per heavy atom. The first-order valence-corrected chi connectivity index (χ1v) is 11.2. The Labute approximate surface area is 180 Å². The average Bonchev–Trinajstić information content (AvgIpc) is 3.19. The van der Waals surface area contributed by atoms with Crippen molar-refractivity contribution < 1.29 is 17.9 Å². The topological polar surface area (TPSA) is 138 Å². The van der Waals surface area contributed by atoms with E-state index in [0.717, 1.165) is 5.56 Å². The summed E-state index contributed by atoms with van der Waals surface area (Å²) in [5.41, 5.74) is 1.53. The number of carbonyl (C=O) groups excluding carboxylic acids is 1. The molecule has 0 spiro atoms. The zero-order chi connectivity index (χ0) is 22.4. The lowest BCUT2D eigenvalue weighted by atomic mass is 10.1. The summed E-state index contributed by atoms with van der Waals surface area (Å²) in [6, 6.07) is 12.9. The van der Waals surface area contributed by atoms with E-state index in [1.165, 1.54) is 26.2 Å². The van der Waals surface area contributed by atoms with Crippen LogP contribution in [0.5, 0.6) is 5.75 Å². The number of aryl methyl sites for hydroxylation is 1. The third kappa shape index (κ3) is 5.72. The van der Waals surface area contributed by atoms with Crippen molar-refractivity contribution >= 4 is 27.4 Å². The number of nitrogens with zero attached hydrogens (tertiary/aromatic N) is 2. The van der Waals surface area contributed by atoms with Gasteiger partial charge in [-0.2, -0.15) is 5.10 Å². The maximum Gasteiger partial charge on any atom is 0.320 e. The molecule has 1 unspecified atom stereocenters. The quantitative estimate of drug-likeness (QED) is 0.421. The predicted octanol–water partition coefficient (Wildman–Crippen LogP) is 2.79. The first-order valence-electron chi connectivity index (χ1n) is 9.51. The summed E-state index contributed by atoms with van der Waals surface area (Å²) in [7, 11) is -2.05. The van der Waals surface area contributed by atoms with Gasteiger partial charge in [0.1, 0.15) is 17.6 Å². The summed E-state index contributed by atoms with van der Waals surface area (Å²) in [6.07, 6.45) is 0. The second kappa shape index (κ2) is 9.47. The lowest BCUT2D eigenvalue weighted by Gasteiger charge is -2.18. The molecular weight excluding hydrogens is 420 g/mol. The smallest absolute Gasteiger partial charge is 0.320 e. The molecule has 31 heavy (non-hydrogen) atoms. The molecule has 0 bridgehead atoms. The highest BCUT2D eigenvalue weighted by Gasteiger charge is 2.21. The van der Waals surface area contributed by atoms with Gasteiger partial charge in [0, 0.05) is 11.8 Å². The highest BCUT2D eigenvalue weighted by Crippen LogP contribution is 2.29. The van der Waals surface area contributed by atoms with Crippen molar-refractivity contribution in [2.75, 3.05) is 22.9 Å². The largest absolute Gasteiger partial charge is 0.494 e. The van der Waals surface area contributed by atoms with Crippen LogP contribution in [0.25, 0.3) is 0 Å². The zero-order valence-corrected chi connectivity index (χ0v) is 18.2. The zero-order valence-electron chi connectivity index (χ0n) is 17.3. The third-order valence-corrected chi connectivity index (χ3v) is 5.68. The van der Waals surface area contributed by atoms with Crippen molar-refractivity contribution in [3.8, 4) is 5.75 Å². The maximum atomic E-state index is 12.7. The standard InChI is InChI=1S/C20H24N6O4S/c1-4-31(28,29)26-16-11-10-15(12-17(16)30-3)22-20(27)23-18(14-8-6-5-7-9-14)19-21-13(2)24-25-19/h5-12,18,26H,4H2,1-3H3,(H,21,24,25)(H2,22,23,27). The number of urea groups is 1. The van der Waals surface area contributed by atoms with Gasteiger partial charge in [-0.05, 0) is 31.5 Å². The maximum absolute atomic E-state index is 12.7. The van der Waals surface area contributed by atoms with Crippen LogP contribution >= 0.6 is 0 Å². The number of ether oxygens (including phenoxy) is 1. The van der Waals surface area contributed by atoms with E-state index in [-0.39, 0.29) is 17.2 Å². The molecule has 2 aromatic carbocycles. The van der Waals surface area contributed by atoms with Crippen LogP contribution in [-0.2, 0) is 10.0 Å². The lowest BCUT2D eigenvalue weighted by Crippen LogP contribution is -2.33. The number of rotatable bonds is 8. The van der Waals surface area contributed by atoms with Crippen LogP contribution in [0.15, 0.2) is 48.5 Å². The molecule has 164 valence electrons. The molecule has 3 aromatic rings. The van der Waals surface area contributed by atoms with Crippen LogP contribution in [-0.4, -0.2) is 42.5 Å². The molecule has 0 saturated carbocycles. The van der Waals surface area contributed by atoms with Crippen LogP contribution in [0, 0.1) is 6.92 Å². The minimum atomic E-state index is -3.46. The summed E-state index contributed by atoms with van der Waals surface area (Å²) in [6.45, 7) is 3.31. The predicted molar refractivity (Wildman–Crippen MR) is 118 cm³/mol. The average molecular weight is 445 g/mol. The number of methoxy groups -OCH3 is 1. The van der Waals surface area contributed by atoms with Gasteiger partial charge in [0.25, 0.3) is 0 Å². The summed E-state index contributed by atoms with van der Waals surface area (Å²) >= 11 is 0. The van der Waals surface area contributed by atoms with Gasteiger partial charge in [-0.3, -0.25) is 9.82 Å². The van der Waals surface area contributed by atoms with Gasteiger partial charge < -0.3 is 15.4 Å². The van der Waals surface area contributed by atoms with Crippen molar-refractivity contribution in [1.29, 1.82) is 0 Å². The van der Waals surface area contributed by atoms with Crippen molar-refractivity contribution in [3.05, 3.63) is 65.7 Å². The molecule has 0 aliphatic carbocycles. The molecule has 4 N–H and O–H groups in total. The van der Waals surface area contributed by atoms with E-state index in [9.17, 15) is 13.2 Å². The van der Waals surface area contributed by atoms with E-state index in [0.29, 0.717) is 17.3 Å². The lowest BCUT2D eigenvalue weighted by molar-refractivity contribution is 0.249. The number of hydrogen-bond acceptors (Lipinski definition) is 6. The van der Waals surface area contributed by atoms with Crippen LogP contribution in [0.4, 0.5) is 16.2 Å². The van der Waals surface area contributed by atoms with E-state index in [4.69, 9.17) is 4.74 Å². The monoisotopic (exact) mass is 444 g/mol. The molecule has 0 aliphatic rings. The van der Waals surface area contributed by atoms with Crippen LogP contribution in [0.2, 0.25) is 0 Å². The molecule has 3 rings (SSSR count). The van der Waals surface area contributed by atoms with Gasteiger partial charge in [0.05, 0.1) is 18.6 Å². The molecule has 11 heteroatoms. The van der Waals surface area contributed by atoms with Gasteiger partial charge in [-0.25, -0.2) is 18.2 Å². The minimum absolute atomic E-state index is 0.0693. The first-order chi connectivity index (χ1) is 14.8. The van der Waals surface area contributed by atoms with Crippen molar-refractivity contribution in [3.63, 3.8) is 0 Å². The van der Waals surface area contributed by atoms with E-state index >= 15 is 0 Å². The second-order valence-corrected chi connectivity index (χ2v) is 8.65. The van der Waals surface area contributed by atoms with E-state index in [1.54, 1.807) is 13.0 Å². The Balaban J connectivity index is 1.78. The number of aromatic nitrogens is 3. The molecule has 0 aliphatic heterocycles. The SMILES string of the molecule is CCS(=O)(=O)Nc1ccc(NC(=O)NC(c2ccccc2)c2n[nH]c(C)n2)cc1OC. The summed E-state index contributed by atoms with van der Waals surface area (Å²) in [4.78, 5) is 17.0. The number of anilines is 2. The van der Waals surface area contributed by atoms with Gasteiger partial charge in [-0.15, -0.1) is 0 Å². The number of benzene rings is 2. The number of amides is 2. The Bertz CT molecular complexity index is 1150. The number of nitrogens with one attached hydrogen (secondary N) is 4. The number of carbonyl (C=O) groups is 1. The highest BCUT2D eigenvalue weighted by atomic mass is 32.2. The number of H-pyrrole nitrogens is 1. The molecular formula is C20H24N6O4S. The molecule has 1 heterocycles. The third-order valence-electron chi connectivity index (χ3n) is 4.39. The molecule has 10 nitrogen and oxygen atoms in total. The second-order valence-electron chi connectivity index (χ2n) is 6.64. The molecule has 0 saturated heterocycles. The Morgan fingerprint density at radius 1 is 1.19 bits per heavy atom. The van der Waals surface area contributed by atoms with E-state index in [2.05, 4.69) is 30.5 Å². The van der Waals surface area contributed by atoms with Gasteiger partial charge in [0.2, 0.25) is 10.0 Å². The number of aromatic amines is 1. The molecule has 1 aromatic heterocycles. The Morgan fingerprint density at radius 2 is 1.94 bits per heavy atom.